The van der Waals surface area contributed by atoms with Crippen molar-refractivity contribution < 1.29 is 4.42 Å². The number of anilines is 6. The van der Waals surface area contributed by atoms with Gasteiger partial charge in [0.15, 0.2) is 0 Å². The van der Waals surface area contributed by atoms with Crippen LogP contribution in [0.5, 0.6) is 0 Å². The monoisotopic (exact) mass is 977 g/mol. The lowest BCUT2D eigenvalue weighted by Crippen LogP contribution is -2.61. The zero-order chi connectivity index (χ0) is 52.0. The summed E-state index contributed by atoms with van der Waals surface area (Å²) in [5.74, 6) is 2.64. The molecule has 0 radical (unpaired) electrons. The van der Waals surface area contributed by atoms with Crippen LogP contribution < -0.4 is 26.4 Å². The van der Waals surface area contributed by atoms with Crippen LogP contribution in [0, 0.1) is 33.5 Å². The fourth-order valence-corrected chi connectivity index (χ4v) is 16.5. The minimum atomic E-state index is -0.138. The van der Waals surface area contributed by atoms with Crippen molar-refractivity contribution in [2.45, 2.75) is 170 Å². The van der Waals surface area contributed by atoms with Crippen molar-refractivity contribution in [1.82, 2.24) is 0 Å². The Bertz CT molecular complexity index is 3420. The predicted molar refractivity (Wildman–Crippen MR) is 316 cm³/mol. The second kappa shape index (κ2) is 15.6. The first-order chi connectivity index (χ1) is 34.8. The van der Waals surface area contributed by atoms with E-state index in [-0.39, 0.29) is 28.4 Å². The second-order valence-electron chi connectivity index (χ2n) is 29.1. The molecule has 0 spiro atoms. The molecule has 3 heterocycles. The Hall–Kier alpha value is -5.48. The number of benzene rings is 6. The first-order valence-corrected chi connectivity index (χ1v) is 28.6. The zero-order valence-corrected chi connectivity index (χ0v) is 47.5. The topological polar surface area (TPSA) is 19.6 Å². The Morgan fingerprint density at radius 1 is 0.514 bits per heavy atom. The van der Waals surface area contributed by atoms with Crippen molar-refractivity contribution in [3.05, 3.63) is 149 Å². The SMILES string of the molecule is CC(C)(C)c1ccc(-c2cc(C(C)(C)C)ccc2N2c3cc(C(C)(C)C)cc4c3B(c3cc(C5CC6CCC5(C)C6(C)C)ccc3N4c3ccc(C4CC5CCC4(C)C5(C)C)cc3)c3oc4ccccc4c32)cc1. The van der Waals surface area contributed by atoms with Crippen molar-refractivity contribution >= 4 is 68.4 Å². The van der Waals surface area contributed by atoms with Crippen molar-refractivity contribution in [3.63, 3.8) is 0 Å². The molecule has 1 aromatic heterocycles. The maximum atomic E-state index is 7.49. The molecule has 6 unspecified atom stereocenters. The molecule has 380 valence electrons. The van der Waals surface area contributed by atoms with Gasteiger partial charge in [0.25, 0.3) is 6.71 Å². The normalized spacial score (nSPS) is 26.2. The van der Waals surface area contributed by atoms with Gasteiger partial charge in [0, 0.05) is 33.7 Å². The molecule has 4 fully saturated rings. The highest BCUT2D eigenvalue weighted by Crippen LogP contribution is 2.72. The highest BCUT2D eigenvalue weighted by atomic mass is 16.3. The predicted octanol–water partition coefficient (Wildman–Crippen LogP) is 17.9. The highest BCUT2D eigenvalue weighted by Gasteiger charge is 2.63. The number of para-hydroxylation sites is 1. The molecule has 0 amide bonds. The van der Waals surface area contributed by atoms with Gasteiger partial charge in [-0.3, -0.25) is 0 Å². The average Bonchev–Trinajstić information content (AvgIpc) is 4.07. The quantitative estimate of drug-likeness (QED) is 0.160. The minimum absolute atomic E-state index is 0.0434. The first-order valence-electron chi connectivity index (χ1n) is 28.6. The van der Waals surface area contributed by atoms with E-state index in [9.17, 15) is 0 Å². The fourth-order valence-electron chi connectivity index (χ4n) is 16.5. The summed E-state index contributed by atoms with van der Waals surface area (Å²) in [6.45, 7) is 36.5. The third kappa shape index (κ3) is 6.63. The standard InChI is InChI=1S/C70H81BN2O/c1-64(2,3)45-25-20-42(21-26-45)52-37-46(65(4,5)6)27-31-56(52)73-59-41-49(66(7,8)9)40-58-61(59)71(63-62(73)51-18-16-17-19-60(51)74-63)55-36-44(54-39-48-33-35-70(54,15)68(48,12)13)24-30-57(55)72(58)50-28-22-43(23-29-50)53-38-47-32-34-69(53,14)67(47,10)11/h16-31,36-37,40-41,47-48,53-54H,32-35,38-39H2,1-15H3. The molecule has 6 aromatic carbocycles. The molecule has 0 N–H and O–H groups in total. The molecule has 4 heteroatoms. The minimum Gasteiger partial charge on any atom is -0.468 e. The van der Waals surface area contributed by atoms with Crippen LogP contribution in [0.1, 0.15) is 182 Å². The summed E-state index contributed by atoms with van der Waals surface area (Å²) in [5.41, 5.74) is 22.6. The van der Waals surface area contributed by atoms with Gasteiger partial charge in [-0.1, -0.05) is 171 Å². The Morgan fingerprint density at radius 2 is 1.05 bits per heavy atom. The zero-order valence-electron chi connectivity index (χ0n) is 47.5. The average molecular weight is 977 g/mol. The van der Waals surface area contributed by atoms with Crippen LogP contribution in [0.2, 0.25) is 0 Å². The molecule has 4 saturated carbocycles. The Balaban J connectivity index is 1.09. The first kappa shape index (κ1) is 48.2. The largest absolute Gasteiger partial charge is 0.468 e. The van der Waals surface area contributed by atoms with Gasteiger partial charge in [0.05, 0.1) is 17.0 Å². The van der Waals surface area contributed by atoms with Crippen LogP contribution in [-0.2, 0) is 16.2 Å². The van der Waals surface area contributed by atoms with E-state index in [0.29, 0.717) is 28.1 Å². The van der Waals surface area contributed by atoms with E-state index in [1.165, 1.54) is 117 Å². The molecular formula is C70H81BN2O. The van der Waals surface area contributed by atoms with Crippen molar-refractivity contribution in [2.75, 3.05) is 9.80 Å². The van der Waals surface area contributed by atoms with Gasteiger partial charge in [-0.15, -0.1) is 0 Å². The number of rotatable bonds is 5. The lowest BCUT2D eigenvalue weighted by atomic mass is 9.35. The smallest absolute Gasteiger partial charge is 0.297 e. The number of nitrogens with zero attached hydrogens (tertiary/aromatic N) is 2. The molecule has 7 aromatic rings. The van der Waals surface area contributed by atoms with Crippen LogP contribution in [0.4, 0.5) is 34.1 Å². The third-order valence-electron chi connectivity index (χ3n) is 22.2. The summed E-state index contributed by atoms with van der Waals surface area (Å²) in [6.07, 6.45) is 7.91. The van der Waals surface area contributed by atoms with Gasteiger partial charge in [0.1, 0.15) is 5.58 Å². The highest BCUT2D eigenvalue weighted by molar-refractivity contribution is 7.00. The summed E-state index contributed by atoms with van der Waals surface area (Å²) < 4.78 is 7.49. The number of furan rings is 1. The van der Waals surface area contributed by atoms with Gasteiger partial charge < -0.3 is 14.2 Å². The van der Waals surface area contributed by atoms with E-state index in [0.717, 1.165) is 34.2 Å². The van der Waals surface area contributed by atoms with Crippen LogP contribution in [0.3, 0.4) is 0 Å². The van der Waals surface area contributed by atoms with E-state index < -0.39 is 0 Å². The summed E-state index contributed by atoms with van der Waals surface area (Å²) >= 11 is 0. The molecule has 4 aliphatic carbocycles. The molecule has 2 aliphatic heterocycles. The summed E-state index contributed by atoms with van der Waals surface area (Å²) in [6, 6.07) is 48.4. The van der Waals surface area contributed by atoms with Gasteiger partial charge in [-0.25, -0.2) is 0 Å². The summed E-state index contributed by atoms with van der Waals surface area (Å²) in [4.78, 5) is 5.30. The summed E-state index contributed by atoms with van der Waals surface area (Å²) in [7, 11) is 0. The van der Waals surface area contributed by atoms with E-state index in [1.807, 2.05) is 0 Å². The van der Waals surface area contributed by atoms with Gasteiger partial charge >= 0.3 is 0 Å². The molecule has 4 bridgehead atoms. The summed E-state index contributed by atoms with van der Waals surface area (Å²) in [5, 5.41) is 1.15. The number of fused-ring (bicyclic) bond motifs is 10. The van der Waals surface area contributed by atoms with Crippen molar-refractivity contribution in [3.8, 4) is 11.1 Å². The Kier molecular flexibility index (Phi) is 10.1. The second-order valence-corrected chi connectivity index (χ2v) is 29.1. The molecule has 6 aliphatic rings. The van der Waals surface area contributed by atoms with Crippen LogP contribution >= 0.6 is 0 Å². The van der Waals surface area contributed by atoms with Gasteiger partial charge in [0.2, 0.25) is 0 Å². The number of hydrogen-bond acceptors (Lipinski definition) is 3. The molecule has 0 saturated heterocycles. The molecule has 74 heavy (non-hydrogen) atoms. The molecule has 6 atom stereocenters. The van der Waals surface area contributed by atoms with Crippen LogP contribution in [0.25, 0.3) is 22.1 Å². The Morgan fingerprint density at radius 3 is 1.62 bits per heavy atom. The third-order valence-corrected chi connectivity index (χ3v) is 22.2. The molecule has 3 nitrogen and oxygen atoms in total. The number of hydrogen-bond donors (Lipinski definition) is 0. The molecule has 13 rings (SSSR count). The fraction of sp³-hybridized carbons (Fsp3) is 0.457. The van der Waals surface area contributed by atoms with E-state index in [1.54, 1.807) is 0 Å². The van der Waals surface area contributed by atoms with Crippen molar-refractivity contribution in [2.24, 2.45) is 33.5 Å². The lowest BCUT2D eigenvalue weighted by Gasteiger charge is -2.45. The van der Waals surface area contributed by atoms with Crippen LogP contribution in [-0.4, -0.2) is 6.71 Å². The Labute approximate surface area is 444 Å². The lowest BCUT2D eigenvalue weighted by molar-refractivity contribution is 0.134. The molecular weight excluding hydrogens is 896 g/mol. The maximum absolute atomic E-state index is 7.49. The maximum Gasteiger partial charge on any atom is 0.297 e. The van der Waals surface area contributed by atoms with E-state index in [4.69, 9.17) is 4.42 Å². The van der Waals surface area contributed by atoms with Gasteiger partial charge in [-0.2, -0.15) is 0 Å². The van der Waals surface area contributed by atoms with Crippen molar-refractivity contribution in [1.29, 1.82) is 0 Å². The van der Waals surface area contributed by atoms with E-state index >= 15 is 0 Å². The van der Waals surface area contributed by atoms with Gasteiger partial charge in [-0.05, 0) is 199 Å². The van der Waals surface area contributed by atoms with Crippen LogP contribution in [0.15, 0.2) is 126 Å². The van der Waals surface area contributed by atoms with E-state index in [2.05, 4.69) is 235 Å².